The van der Waals surface area contributed by atoms with Crippen LogP contribution in [0.15, 0.2) is 41.4 Å². The van der Waals surface area contributed by atoms with Gasteiger partial charge in [0.05, 0.1) is 5.56 Å². The molecule has 22 heavy (non-hydrogen) atoms. The van der Waals surface area contributed by atoms with Gasteiger partial charge in [-0.1, -0.05) is 26.0 Å². The Balaban J connectivity index is 2.12. The van der Waals surface area contributed by atoms with E-state index in [1.165, 1.54) is 10.9 Å². The van der Waals surface area contributed by atoms with Crippen molar-refractivity contribution < 1.29 is 14.7 Å². The molecule has 2 aromatic rings. The monoisotopic (exact) mass is 319 g/mol. The number of rotatable bonds is 6. The van der Waals surface area contributed by atoms with E-state index >= 15 is 0 Å². The molecule has 0 aliphatic rings. The number of aromatic nitrogens is 2. The van der Waals surface area contributed by atoms with Crippen molar-refractivity contribution in [3.05, 3.63) is 42.1 Å². The fourth-order valence-corrected chi connectivity index (χ4v) is 2.80. The number of carboxylic acid groups (broad SMARTS) is 1. The highest BCUT2D eigenvalue weighted by Crippen LogP contribution is 2.26. The second kappa shape index (κ2) is 7.13. The minimum Gasteiger partial charge on any atom is -0.480 e. The van der Waals surface area contributed by atoms with Crippen LogP contribution in [0.25, 0.3) is 0 Å². The molecule has 1 aromatic carbocycles. The molecule has 0 spiro atoms. The van der Waals surface area contributed by atoms with Gasteiger partial charge in [-0.3, -0.25) is 14.3 Å². The van der Waals surface area contributed by atoms with Crippen molar-refractivity contribution in [2.75, 3.05) is 5.32 Å². The first-order valence-corrected chi connectivity index (χ1v) is 7.66. The van der Waals surface area contributed by atoms with Gasteiger partial charge in [0.15, 0.2) is 5.82 Å². The standard InChI is InChI=1S/C15H17N3O3S/c1-10(2)22-12-6-4-3-5-11(12)15(21)16-13-7-8-18(17-13)9-14(19)20/h3-8,10H,9H2,1-2H3,(H,19,20)(H,16,17,21). The second-order valence-electron chi connectivity index (χ2n) is 4.91. The van der Waals surface area contributed by atoms with Crippen molar-refractivity contribution in [3.63, 3.8) is 0 Å². The molecule has 1 heterocycles. The zero-order valence-corrected chi connectivity index (χ0v) is 13.1. The molecule has 0 radical (unpaired) electrons. The van der Waals surface area contributed by atoms with Crippen LogP contribution in [-0.4, -0.2) is 32.0 Å². The van der Waals surface area contributed by atoms with Crippen LogP contribution in [0.1, 0.15) is 24.2 Å². The van der Waals surface area contributed by atoms with Crippen molar-refractivity contribution >= 4 is 29.5 Å². The first-order valence-electron chi connectivity index (χ1n) is 6.78. The highest BCUT2D eigenvalue weighted by atomic mass is 32.2. The molecule has 0 saturated heterocycles. The third kappa shape index (κ3) is 4.36. The quantitative estimate of drug-likeness (QED) is 0.800. The fraction of sp³-hybridized carbons (Fsp3) is 0.267. The maximum absolute atomic E-state index is 12.4. The van der Waals surface area contributed by atoms with Crippen LogP contribution in [0.3, 0.4) is 0 Å². The molecule has 2 N–H and O–H groups in total. The lowest BCUT2D eigenvalue weighted by molar-refractivity contribution is -0.137. The van der Waals surface area contributed by atoms with Gasteiger partial charge in [0.25, 0.3) is 5.91 Å². The maximum Gasteiger partial charge on any atom is 0.325 e. The predicted octanol–water partition coefficient (Wildman–Crippen LogP) is 2.72. The molecule has 0 bridgehead atoms. The molecule has 0 aliphatic carbocycles. The summed E-state index contributed by atoms with van der Waals surface area (Å²) in [5.74, 6) is -0.917. The number of hydrogen-bond donors (Lipinski definition) is 2. The highest BCUT2D eigenvalue weighted by molar-refractivity contribution is 8.00. The van der Waals surface area contributed by atoms with Crippen molar-refractivity contribution in [1.29, 1.82) is 0 Å². The molecule has 7 heteroatoms. The summed E-state index contributed by atoms with van der Waals surface area (Å²) in [6.45, 7) is 3.88. The fourth-order valence-electron chi connectivity index (χ4n) is 1.85. The number of nitrogens with one attached hydrogen (secondary N) is 1. The van der Waals surface area contributed by atoms with Crippen LogP contribution >= 0.6 is 11.8 Å². The normalized spacial score (nSPS) is 10.7. The Morgan fingerprint density at radius 2 is 2.05 bits per heavy atom. The first-order chi connectivity index (χ1) is 10.5. The zero-order chi connectivity index (χ0) is 16.1. The minimum absolute atomic E-state index is 0.240. The molecule has 2 rings (SSSR count). The molecule has 1 amide bonds. The van der Waals surface area contributed by atoms with Gasteiger partial charge in [-0.25, -0.2) is 0 Å². The van der Waals surface area contributed by atoms with Crippen molar-refractivity contribution in [2.24, 2.45) is 0 Å². The van der Waals surface area contributed by atoms with Crippen molar-refractivity contribution in [1.82, 2.24) is 9.78 Å². The summed E-state index contributed by atoms with van der Waals surface area (Å²) in [6.07, 6.45) is 1.51. The van der Waals surface area contributed by atoms with E-state index in [0.29, 0.717) is 16.6 Å². The Hall–Kier alpha value is -2.28. The summed E-state index contributed by atoms with van der Waals surface area (Å²) in [4.78, 5) is 23.9. The molecule has 0 atom stereocenters. The minimum atomic E-state index is -0.986. The number of nitrogens with zero attached hydrogens (tertiary/aromatic N) is 2. The summed E-state index contributed by atoms with van der Waals surface area (Å²) in [5, 5.41) is 15.8. The molecular formula is C15H17N3O3S. The van der Waals surface area contributed by atoms with Crippen molar-refractivity contribution in [3.8, 4) is 0 Å². The van der Waals surface area contributed by atoms with Gasteiger partial charge in [0, 0.05) is 22.4 Å². The lowest BCUT2D eigenvalue weighted by Gasteiger charge is -2.10. The number of benzene rings is 1. The van der Waals surface area contributed by atoms with Gasteiger partial charge in [-0.2, -0.15) is 5.10 Å². The number of amides is 1. The maximum atomic E-state index is 12.4. The van der Waals surface area contributed by atoms with Gasteiger partial charge >= 0.3 is 5.97 Å². The number of carboxylic acids is 1. The molecule has 0 aliphatic heterocycles. The average Bonchev–Trinajstić information content (AvgIpc) is 2.84. The number of hydrogen-bond acceptors (Lipinski definition) is 4. The predicted molar refractivity (Wildman–Crippen MR) is 85.3 cm³/mol. The molecular weight excluding hydrogens is 302 g/mol. The first kappa shape index (κ1) is 16.1. The topological polar surface area (TPSA) is 84.2 Å². The summed E-state index contributed by atoms with van der Waals surface area (Å²) >= 11 is 1.61. The van der Waals surface area contributed by atoms with Crippen LogP contribution < -0.4 is 5.32 Å². The number of carbonyl (C=O) groups is 2. The summed E-state index contributed by atoms with van der Waals surface area (Å²) in [7, 11) is 0. The van der Waals surface area contributed by atoms with E-state index in [9.17, 15) is 9.59 Å². The third-order valence-corrected chi connectivity index (χ3v) is 3.76. The van der Waals surface area contributed by atoms with E-state index in [1.807, 2.05) is 18.2 Å². The summed E-state index contributed by atoms with van der Waals surface area (Å²) in [5.41, 5.74) is 0.578. The van der Waals surface area contributed by atoms with Crippen LogP contribution in [0.5, 0.6) is 0 Å². The molecule has 0 saturated carbocycles. The third-order valence-electron chi connectivity index (χ3n) is 2.67. The lowest BCUT2D eigenvalue weighted by atomic mass is 10.2. The van der Waals surface area contributed by atoms with E-state index in [-0.39, 0.29) is 12.5 Å². The molecule has 6 nitrogen and oxygen atoms in total. The smallest absolute Gasteiger partial charge is 0.325 e. The largest absolute Gasteiger partial charge is 0.480 e. The van der Waals surface area contributed by atoms with Crippen molar-refractivity contribution in [2.45, 2.75) is 30.5 Å². The number of anilines is 1. The Morgan fingerprint density at radius 1 is 1.32 bits per heavy atom. The second-order valence-corrected chi connectivity index (χ2v) is 6.53. The van der Waals surface area contributed by atoms with E-state index < -0.39 is 5.97 Å². The molecule has 1 aromatic heterocycles. The average molecular weight is 319 g/mol. The number of aliphatic carboxylic acids is 1. The van der Waals surface area contributed by atoms with Gasteiger partial charge in [0.2, 0.25) is 0 Å². The Labute approximate surface area is 132 Å². The number of carbonyl (C=O) groups excluding carboxylic acids is 1. The van der Waals surface area contributed by atoms with Crippen LogP contribution in [0, 0.1) is 0 Å². The van der Waals surface area contributed by atoms with E-state index in [1.54, 1.807) is 23.9 Å². The Morgan fingerprint density at radius 3 is 2.73 bits per heavy atom. The molecule has 0 unspecified atom stereocenters. The van der Waals surface area contributed by atoms with Crippen LogP contribution in [0.2, 0.25) is 0 Å². The van der Waals surface area contributed by atoms with E-state index in [0.717, 1.165) is 4.90 Å². The number of thioether (sulfide) groups is 1. The highest BCUT2D eigenvalue weighted by Gasteiger charge is 2.14. The van der Waals surface area contributed by atoms with Crippen LogP contribution in [-0.2, 0) is 11.3 Å². The Bertz CT molecular complexity index is 682. The van der Waals surface area contributed by atoms with Gasteiger partial charge in [-0.15, -0.1) is 11.8 Å². The molecule has 116 valence electrons. The zero-order valence-electron chi connectivity index (χ0n) is 12.3. The van der Waals surface area contributed by atoms with Gasteiger partial charge in [0.1, 0.15) is 6.54 Å². The van der Waals surface area contributed by atoms with Gasteiger partial charge < -0.3 is 10.4 Å². The Kier molecular flexibility index (Phi) is 5.21. The summed E-state index contributed by atoms with van der Waals surface area (Å²) < 4.78 is 1.26. The summed E-state index contributed by atoms with van der Waals surface area (Å²) in [6, 6.07) is 8.93. The van der Waals surface area contributed by atoms with E-state index in [4.69, 9.17) is 5.11 Å². The van der Waals surface area contributed by atoms with E-state index in [2.05, 4.69) is 24.3 Å². The molecule has 0 fully saturated rings. The SMILES string of the molecule is CC(C)Sc1ccccc1C(=O)Nc1ccn(CC(=O)O)n1. The lowest BCUT2D eigenvalue weighted by Crippen LogP contribution is -2.15. The van der Waals surface area contributed by atoms with Gasteiger partial charge in [-0.05, 0) is 12.1 Å². The van der Waals surface area contributed by atoms with Crippen LogP contribution in [0.4, 0.5) is 5.82 Å².